The number of fused-ring (bicyclic) bond motifs is 5. The van der Waals surface area contributed by atoms with Crippen LogP contribution >= 0.6 is 0 Å². The van der Waals surface area contributed by atoms with E-state index >= 15 is 0 Å². The van der Waals surface area contributed by atoms with E-state index in [-0.39, 0.29) is 33.5 Å². The van der Waals surface area contributed by atoms with Gasteiger partial charge in [-0.2, -0.15) is 0 Å². The van der Waals surface area contributed by atoms with Crippen LogP contribution in [0.1, 0.15) is 93.4 Å². The number of carbonyl (C=O) groups is 2. The van der Waals surface area contributed by atoms with Gasteiger partial charge in [0.15, 0.2) is 0 Å². The SMILES string of the molecule is COC(C)(C)/C=C1/C=C([C@@H]2CC[C@]3(C)C4=CC[C@H]5C(C)(C)C(=O)CC[C@]5(C)[C@H]4CC[C@@]23C)C(=O)O1. The lowest BCUT2D eigenvalue weighted by Gasteiger charge is -2.63. The number of methoxy groups -OCH3 is 1. The Hall–Kier alpha value is -1.68. The first-order valence-electron chi connectivity index (χ1n) is 13.7. The molecule has 4 heteroatoms. The molecule has 1 heterocycles. The fourth-order valence-electron chi connectivity index (χ4n) is 9.13. The molecule has 6 atom stereocenters. The predicted molar refractivity (Wildman–Crippen MR) is 137 cm³/mol. The summed E-state index contributed by atoms with van der Waals surface area (Å²) in [5, 5.41) is 0. The Balaban J connectivity index is 1.50. The lowest BCUT2D eigenvalue weighted by molar-refractivity contribution is -0.145. The molecule has 5 aliphatic rings. The minimum atomic E-state index is -0.484. The van der Waals surface area contributed by atoms with Crippen LogP contribution in [0.2, 0.25) is 0 Å². The Morgan fingerprint density at radius 1 is 1.03 bits per heavy atom. The van der Waals surface area contributed by atoms with Gasteiger partial charge in [0.05, 0.1) is 5.60 Å². The average molecular weight is 481 g/mol. The van der Waals surface area contributed by atoms with Crippen molar-refractivity contribution in [1.82, 2.24) is 0 Å². The molecule has 0 aromatic rings. The standard InChI is InChI=1S/C31H44O4/c1-27(2,34-8)18-19-17-20(26(33)35-19)21-11-15-31(7)23-9-10-24-28(3,4)25(32)13-14-29(24,5)22(23)12-16-30(21,31)6/h9,17-18,21-22,24H,10-16H2,1-8H3/b19-18-/t21-,22-,24-,29+,30-,31+/m0/s1. The van der Waals surface area contributed by atoms with Gasteiger partial charge in [0.25, 0.3) is 0 Å². The van der Waals surface area contributed by atoms with Crippen LogP contribution in [0.3, 0.4) is 0 Å². The fraction of sp³-hybridized carbons (Fsp3) is 0.742. The van der Waals surface area contributed by atoms with E-state index in [0.29, 0.717) is 29.8 Å². The van der Waals surface area contributed by atoms with E-state index in [1.54, 1.807) is 12.7 Å². The van der Waals surface area contributed by atoms with Crippen molar-refractivity contribution in [2.24, 2.45) is 39.4 Å². The lowest BCUT2D eigenvalue weighted by Crippen LogP contribution is -2.57. The smallest absolute Gasteiger partial charge is 0.339 e. The first kappa shape index (κ1) is 25.0. The molecule has 0 aromatic carbocycles. The molecule has 0 spiro atoms. The highest BCUT2D eigenvalue weighted by molar-refractivity contribution is 5.93. The number of cyclic esters (lactones) is 1. The highest BCUT2D eigenvalue weighted by atomic mass is 16.5. The van der Waals surface area contributed by atoms with E-state index in [9.17, 15) is 9.59 Å². The minimum absolute atomic E-state index is 0.0234. The van der Waals surface area contributed by atoms with Crippen LogP contribution in [0.5, 0.6) is 0 Å². The van der Waals surface area contributed by atoms with Gasteiger partial charge in [-0.05, 0) is 98.5 Å². The van der Waals surface area contributed by atoms with Crippen LogP contribution < -0.4 is 0 Å². The van der Waals surface area contributed by atoms with Gasteiger partial charge in [-0.1, -0.05) is 46.3 Å². The fourth-order valence-corrected chi connectivity index (χ4v) is 9.13. The molecular formula is C31H44O4. The third-order valence-corrected chi connectivity index (χ3v) is 11.7. The monoisotopic (exact) mass is 480 g/mol. The van der Waals surface area contributed by atoms with Gasteiger partial charge >= 0.3 is 5.97 Å². The Morgan fingerprint density at radius 3 is 2.40 bits per heavy atom. The number of ether oxygens (including phenoxy) is 2. The molecule has 0 amide bonds. The first-order valence-corrected chi connectivity index (χ1v) is 13.7. The normalized spacial score (nSPS) is 43.8. The predicted octanol–water partition coefficient (Wildman–Crippen LogP) is 6.95. The van der Waals surface area contributed by atoms with Crippen LogP contribution in [0, 0.1) is 39.4 Å². The molecule has 35 heavy (non-hydrogen) atoms. The van der Waals surface area contributed by atoms with Gasteiger partial charge < -0.3 is 9.47 Å². The molecule has 1 aliphatic heterocycles. The van der Waals surface area contributed by atoms with Crippen molar-refractivity contribution in [3.05, 3.63) is 35.1 Å². The number of Topliss-reactive ketones (excluding diaryl/α,β-unsaturated/α-hetero) is 1. The summed E-state index contributed by atoms with van der Waals surface area (Å²) in [4.78, 5) is 25.9. The van der Waals surface area contributed by atoms with Crippen molar-refractivity contribution in [2.45, 2.75) is 99.0 Å². The number of hydrogen-bond acceptors (Lipinski definition) is 4. The molecule has 3 saturated carbocycles. The van der Waals surface area contributed by atoms with E-state index in [4.69, 9.17) is 9.47 Å². The maximum absolute atomic E-state index is 13.1. The van der Waals surface area contributed by atoms with Gasteiger partial charge in [-0.3, -0.25) is 4.79 Å². The van der Waals surface area contributed by atoms with Crippen molar-refractivity contribution in [3.8, 4) is 0 Å². The van der Waals surface area contributed by atoms with Crippen molar-refractivity contribution >= 4 is 11.8 Å². The number of hydrogen-bond donors (Lipinski definition) is 0. The van der Waals surface area contributed by atoms with Crippen LogP contribution in [-0.2, 0) is 19.1 Å². The summed E-state index contributed by atoms with van der Waals surface area (Å²) in [5.41, 5.74) is 2.01. The van der Waals surface area contributed by atoms with Gasteiger partial charge in [-0.15, -0.1) is 0 Å². The van der Waals surface area contributed by atoms with Crippen LogP contribution in [0.25, 0.3) is 0 Å². The summed E-state index contributed by atoms with van der Waals surface area (Å²) >= 11 is 0. The maximum Gasteiger partial charge on any atom is 0.339 e. The number of carbonyl (C=O) groups excluding carboxylic acids is 2. The maximum atomic E-state index is 13.1. The second kappa shape index (κ2) is 7.66. The molecule has 3 fully saturated rings. The van der Waals surface area contributed by atoms with Crippen molar-refractivity contribution < 1.29 is 19.1 Å². The third kappa shape index (κ3) is 3.34. The second-order valence-corrected chi connectivity index (χ2v) is 13.9. The molecule has 4 aliphatic carbocycles. The molecule has 0 aromatic heterocycles. The van der Waals surface area contributed by atoms with E-state index < -0.39 is 5.60 Å². The highest BCUT2D eigenvalue weighted by Crippen LogP contribution is 2.73. The van der Waals surface area contributed by atoms with Gasteiger partial charge in [0, 0.05) is 24.5 Å². The Bertz CT molecular complexity index is 1060. The summed E-state index contributed by atoms with van der Waals surface area (Å²) in [7, 11) is 1.67. The second-order valence-electron chi connectivity index (χ2n) is 13.9. The molecule has 0 unspecified atom stereocenters. The Morgan fingerprint density at radius 2 is 1.71 bits per heavy atom. The number of rotatable bonds is 3. The van der Waals surface area contributed by atoms with Crippen molar-refractivity contribution in [1.29, 1.82) is 0 Å². The van der Waals surface area contributed by atoms with Crippen LogP contribution in [-0.4, -0.2) is 24.5 Å². The topological polar surface area (TPSA) is 52.6 Å². The van der Waals surface area contributed by atoms with E-state index in [1.165, 1.54) is 0 Å². The van der Waals surface area contributed by atoms with E-state index in [0.717, 1.165) is 44.1 Å². The van der Waals surface area contributed by atoms with Gasteiger partial charge in [0.1, 0.15) is 11.5 Å². The molecular weight excluding hydrogens is 436 g/mol. The molecule has 0 N–H and O–H groups in total. The van der Waals surface area contributed by atoms with E-state index in [1.807, 2.05) is 26.0 Å². The van der Waals surface area contributed by atoms with Gasteiger partial charge in [-0.25, -0.2) is 4.79 Å². The molecule has 0 radical (unpaired) electrons. The summed E-state index contributed by atoms with van der Waals surface area (Å²) in [5.74, 6) is 2.03. The largest absolute Gasteiger partial charge is 0.423 e. The molecule has 5 rings (SSSR count). The zero-order chi connectivity index (χ0) is 25.6. The summed E-state index contributed by atoms with van der Waals surface area (Å²) in [6, 6.07) is 0. The Kier molecular flexibility index (Phi) is 5.47. The van der Waals surface area contributed by atoms with E-state index in [2.05, 4.69) is 40.7 Å². The average Bonchev–Trinajstić information content (AvgIpc) is 3.26. The van der Waals surface area contributed by atoms with Crippen LogP contribution in [0.4, 0.5) is 0 Å². The minimum Gasteiger partial charge on any atom is -0.423 e. The zero-order valence-corrected chi connectivity index (χ0v) is 23.0. The number of ketones is 1. The summed E-state index contributed by atoms with van der Waals surface area (Å²) in [6.07, 6.45) is 13.5. The number of allylic oxidation sites excluding steroid dienone is 3. The molecule has 0 bridgehead atoms. The third-order valence-electron chi connectivity index (χ3n) is 11.7. The summed E-state index contributed by atoms with van der Waals surface area (Å²) in [6.45, 7) is 15.7. The van der Waals surface area contributed by atoms with Crippen LogP contribution in [0.15, 0.2) is 35.1 Å². The Labute approximate surface area is 211 Å². The molecule has 0 saturated heterocycles. The quantitative estimate of drug-likeness (QED) is 0.324. The van der Waals surface area contributed by atoms with Crippen molar-refractivity contribution in [3.63, 3.8) is 0 Å². The summed E-state index contributed by atoms with van der Waals surface area (Å²) < 4.78 is 11.2. The number of esters is 1. The molecule has 4 nitrogen and oxygen atoms in total. The van der Waals surface area contributed by atoms with Gasteiger partial charge in [0.2, 0.25) is 0 Å². The lowest BCUT2D eigenvalue weighted by atomic mass is 9.41. The van der Waals surface area contributed by atoms with Crippen molar-refractivity contribution in [2.75, 3.05) is 7.11 Å². The molecule has 192 valence electrons. The highest BCUT2D eigenvalue weighted by Gasteiger charge is 2.65. The zero-order valence-electron chi connectivity index (χ0n) is 23.0. The first-order chi connectivity index (χ1) is 16.2.